The first kappa shape index (κ1) is 10.7. The molecule has 3 aromatic rings. The number of aromatic nitrogens is 4. The minimum absolute atomic E-state index is 0.126. The molecule has 0 spiro atoms. The van der Waals surface area contributed by atoms with Crippen LogP contribution < -0.4 is 11.2 Å². The van der Waals surface area contributed by atoms with Gasteiger partial charge in [-0.15, -0.1) is 0 Å². The van der Waals surface area contributed by atoms with E-state index in [-0.39, 0.29) is 22.0 Å². The highest BCUT2D eigenvalue weighted by molar-refractivity contribution is 6.03. The number of nitrogens with one attached hydrogen (secondary N) is 3. The van der Waals surface area contributed by atoms with Crippen molar-refractivity contribution in [1.82, 2.24) is 19.9 Å². The molecule has 0 unspecified atom stereocenters. The molecule has 1 aromatic carbocycles. The molecule has 0 radical (unpaired) electrons. The Kier molecular flexibility index (Phi) is 2.09. The summed E-state index contributed by atoms with van der Waals surface area (Å²) in [5.41, 5.74) is -0.238. The van der Waals surface area contributed by atoms with Gasteiger partial charge in [-0.25, -0.2) is 14.2 Å². The number of halogens is 1. The molecule has 0 saturated heterocycles. The Morgan fingerprint density at radius 3 is 2.78 bits per heavy atom. The van der Waals surface area contributed by atoms with Gasteiger partial charge >= 0.3 is 5.69 Å². The Hall–Kier alpha value is -2.44. The number of aryl methyl sites for hydroxylation is 1. The number of aromatic amines is 3. The molecule has 18 heavy (non-hydrogen) atoms. The Bertz CT molecular complexity index is 874. The molecule has 0 aliphatic heterocycles. The maximum atomic E-state index is 14.2. The Morgan fingerprint density at radius 1 is 1.28 bits per heavy atom. The van der Waals surface area contributed by atoms with E-state index in [1.807, 2.05) is 0 Å². The quantitative estimate of drug-likeness (QED) is 0.594. The SMILES string of the molecule is CCc1c(F)c2nc[nH]c2c2[nH]c(=O)[nH]c(=O)c12. The van der Waals surface area contributed by atoms with E-state index in [4.69, 9.17) is 0 Å². The third kappa shape index (κ3) is 1.24. The van der Waals surface area contributed by atoms with Gasteiger partial charge in [0, 0.05) is 5.56 Å². The molecule has 2 aromatic heterocycles. The monoisotopic (exact) mass is 248 g/mol. The van der Waals surface area contributed by atoms with Crippen LogP contribution in [0.5, 0.6) is 0 Å². The predicted octanol–water partition coefficient (Wildman–Crippen LogP) is 0.794. The first-order valence-corrected chi connectivity index (χ1v) is 5.43. The van der Waals surface area contributed by atoms with Crippen molar-refractivity contribution in [2.75, 3.05) is 0 Å². The normalized spacial score (nSPS) is 11.4. The van der Waals surface area contributed by atoms with E-state index in [0.29, 0.717) is 11.9 Å². The second-order valence-corrected chi connectivity index (χ2v) is 3.93. The lowest BCUT2D eigenvalue weighted by Crippen LogP contribution is -2.23. The molecule has 3 N–H and O–H groups in total. The molecule has 0 atom stereocenters. The smallest absolute Gasteiger partial charge is 0.326 e. The van der Waals surface area contributed by atoms with Crippen molar-refractivity contribution in [3.8, 4) is 0 Å². The first-order valence-electron chi connectivity index (χ1n) is 5.43. The van der Waals surface area contributed by atoms with Gasteiger partial charge in [-0.2, -0.15) is 0 Å². The van der Waals surface area contributed by atoms with Gasteiger partial charge in [-0.05, 0) is 6.42 Å². The highest BCUT2D eigenvalue weighted by Gasteiger charge is 2.18. The summed E-state index contributed by atoms with van der Waals surface area (Å²) in [4.78, 5) is 34.4. The van der Waals surface area contributed by atoms with Gasteiger partial charge < -0.3 is 9.97 Å². The summed E-state index contributed by atoms with van der Waals surface area (Å²) in [5.74, 6) is -0.529. The topological polar surface area (TPSA) is 94.4 Å². The number of fused-ring (bicyclic) bond motifs is 3. The molecule has 6 nitrogen and oxygen atoms in total. The van der Waals surface area contributed by atoms with E-state index in [9.17, 15) is 14.0 Å². The molecule has 7 heteroatoms. The van der Waals surface area contributed by atoms with Crippen molar-refractivity contribution in [2.24, 2.45) is 0 Å². The van der Waals surface area contributed by atoms with Crippen LogP contribution in [0.3, 0.4) is 0 Å². The molecule has 0 saturated carbocycles. The first-order chi connectivity index (χ1) is 8.63. The number of hydrogen-bond donors (Lipinski definition) is 3. The van der Waals surface area contributed by atoms with Crippen LogP contribution in [0, 0.1) is 5.82 Å². The lowest BCUT2D eigenvalue weighted by atomic mass is 10.0. The van der Waals surface area contributed by atoms with Crippen molar-refractivity contribution in [3.05, 3.63) is 38.5 Å². The lowest BCUT2D eigenvalue weighted by molar-refractivity contribution is 0.624. The fraction of sp³-hybridized carbons (Fsp3) is 0.182. The van der Waals surface area contributed by atoms with Gasteiger partial charge in [0.05, 0.1) is 22.7 Å². The summed E-state index contributed by atoms with van der Waals surface area (Å²) >= 11 is 0. The molecule has 0 amide bonds. The predicted molar refractivity (Wildman–Crippen MR) is 64.2 cm³/mol. The fourth-order valence-corrected chi connectivity index (χ4v) is 2.20. The van der Waals surface area contributed by atoms with Gasteiger partial charge in [0.25, 0.3) is 5.56 Å². The summed E-state index contributed by atoms with van der Waals surface area (Å²) in [6.45, 7) is 1.74. The summed E-state index contributed by atoms with van der Waals surface area (Å²) in [6, 6.07) is 0. The molecular weight excluding hydrogens is 239 g/mol. The van der Waals surface area contributed by atoms with Crippen LogP contribution >= 0.6 is 0 Å². The summed E-state index contributed by atoms with van der Waals surface area (Å²) in [6.07, 6.45) is 1.66. The molecule has 0 fully saturated rings. The molecule has 0 aliphatic rings. The van der Waals surface area contributed by atoms with Crippen LogP contribution in [-0.4, -0.2) is 19.9 Å². The van der Waals surface area contributed by atoms with Gasteiger partial charge in [0.1, 0.15) is 5.52 Å². The second-order valence-electron chi connectivity index (χ2n) is 3.93. The summed E-state index contributed by atoms with van der Waals surface area (Å²) in [7, 11) is 0. The minimum atomic E-state index is -0.628. The Balaban J connectivity index is 2.76. The molecular formula is C11H9FN4O2. The average Bonchev–Trinajstić information content (AvgIpc) is 2.80. The number of nitrogens with zero attached hydrogens (tertiary/aromatic N) is 1. The third-order valence-corrected chi connectivity index (χ3v) is 2.96. The maximum absolute atomic E-state index is 14.2. The number of H-pyrrole nitrogens is 3. The largest absolute Gasteiger partial charge is 0.343 e. The van der Waals surface area contributed by atoms with E-state index in [1.54, 1.807) is 6.92 Å². The van der Waals surface area contributed by atoms with Gasteiger partial charge in [0.15, 0.2) is 5.82 Å². The zero-order valence-corrected chi connectivity index (χ0v) is 9.43. The zero-order chi connectivity index (χ0) is 12.9. The van der Waals surface area contributed by atoms with Crippen molar-refractivity contribution >= 4 is 21.9 Å². The highest BCUT2D eigenvalue weighted by atomic mass is 19.1. The third-order valence-electron chi connectivity index (χ3n) is 2.96. The van der Waals surface area contributed by atoms with Crippen molar-refractivity contribution in [3.63, 3.8) is 0 Å². The van der Waals surface area contributed by atoms with E-state index in [0.717, 1.165) is 0 Å². The van der Waals surface area contributed by atoms with Crippen LogP contribution in [0.1, 0.15) is 12.5 Å². The van der Waals surface area contributed by atoms with E-state index in [1.165, 1.54) is 6.33 Å². The van der Waals surface area contributed by atoms with Crippen LogP contribution in [0.15, 0.2) is 15.9 Å². The molecule has 2 heterocycles. The highest BCUT2D eigenvalue weighted by Crippen LogP contribution is 2.26. The lowest BCUT2D eigenvalue weighted by Gasteiger charge is -2.06. The minimum Gasteiger partial charge on any atom is -0.343 e. The number of rotatable bonds is 1. The van der Waals surface area contributed by atoms with Gasteiger partial charge in [-0.3, -0.25) is 9.78 Å². The Morgan fingerprint density at radius 2 is 2.06 bits per heavy atom. The van der Waals surface area contributed by atoms with E-state index >= 15 is 0 Å². The second kappa shape index (κ2) is 3.52. The molecule has 0 bridgehead atoms. The standard InChI is InChI=1S/C11H9FN4O2/c1-2-4-5-7(15-11(18)16-10(5)17)9-8(6(4)12)13-3-14-9/h3H,2H2,1H3,(H,13,14)(H2,15,16,17,18). The van der Waals surface area contributed by atoms with Crippen LogP contribution in [0.2, 0.25) is 0 Å². The van der Waals surface area contributed by atoms with Gasteiger partial charge in [0.2, 0.25) is 0 Å². The van der Waals surface area contributed by atoms with Crippen LogP contribution in [0.4, 0.5) is 4.39 Å². The van der Waals surface area contributed by atoms with Crippen molar-refractivity contribution in [2.45, 2.75) is 13.3 Å². The average molecular weight is 248 g/mol. The van der Waals surface area contributed by atoms with Crippen LogP contribution in [-0.2, 0) is 6.42 Å². The Labute approximate surface area is 98.9 Å². The van der Waals surface area contributed by atoms with Crippen LogP contribution in [0.25, 0.3) is 21.9 Å². The van der Waals surface area contributed by atoms with Crippen molar-refractivity contribution in [1.29, 1.82) is 0 Å². The number of hydrogen-bond acceptors (Lipinski definition) is 3. The van der Waals surface area contributed by atoms with E-state index in [2.05, 4.69) is 19.9 Å². The number of benzene rings is 1. The maximum Gasteiger partial charge on any atom is 0.326 e. The van der Waals surface area contributed by atoms with Gasteiger partial charge in [-0.1, -0.05) is 6.92 Å². The molecule has 92 valence electrons. The fourth-order valence-electron chi connectivity index (χ4n) is 2.20. The summed E-state index contributed by atoms with van der Waals surface area (Å²) < 4.78 is 14.2. The molecule has 0 aliphatic carbocycles. The zero-order valence-electron chi connectivity index (χ0n) is 9.43. The number of imidazole rings is 1. The van der Waals surface area contributed by atoms with E-state index < -0.39 is 17.1 Å². The molecule has 3 rings (SSSR count). The summed E-state index contributed by atoms with van der Waals surface area (Å²) in [5, 5.41) is 0.159. The van der Waals surface area contributed by atoms with Crippen molar-refractivity contribution < 1.29 is 4.39 Å².